The predicted octanol–water partition coefficient (Wildman–Crippen LogP) is 0.378. The fraction of sp³-hybridized carbons (Fsp3) is 0.545. The van der Waals surface area contributed by atoms with Crippen molar-refractivity contribution < 1.29 is 24.9 Å². The summed E-state index contributed by atoms with van der Waals surface area (Å²) in [6, 6.07) is 6.84. The van der Waals surface area contributed by atoms with Crippen LogP contribution < -0.4 is 0 Å². The van der Waals surface area contributed by atoms with Gasteiger partial charge in [0.2, 0.25) is 5.91 Å². The molecule has 2 fully saturated rings. The summed E-state index contributed by atoms with van der Waals surface area (Å²) in [4.78, 5) is 26.0. The van der Waals surface area contributed by atoms with E-state index in [4.69, 9.17) is 9.90 Å². The molecule has 32 heavy (non-hydrogen) atoms. The Kier molecular flexibility index (Phi) is 7.47. The Balaban J connectivity index is 0.000000668. The van der Waals surface area contributed by atoms with Crippen LogP contribution in [0.1, 0.15) is 18.3 Å². The van der Waals surface area contributed by atoms with E-state index in [9.17, 15) is 15.0 Å². The fourth-order valence-corrected chi connectivity index (χ4v) is 4.61. The van der Waals surface area contributed by atoms with Gasteiger partial charge in [0.05, 0.1) is 13.0 Å². The molecule has 0 aliphatic carbocycles. The number of phenols is 1. The summed E-state index contributed by atoms with van der Waals surface area (Å²) in [6.07, 6.45) is 2.02. The third-order valence-corrected chi connectivity index (χ3v) is 6.23. The molecule has 1 amide bonds. The van der Waals surface area contributed by atoms with Crippen molar-refractivity contribution in [2.45, 2.75) is 26.8 Å². The Bertz CT molecular complexity index is 944. The fourth-order valence-electron chi connectivity index (χ4n) is 4.61. The molecule has 4 rings (SSSR count). The standard InChI is InChI=1S/C20H27N5O3.C2H4O2/c1-15-22-21-14-24(15)6-5-23-9-17-10-25(12-20(17,11-23)13-26)19(28)8-16-3-2-4-18(27)7-16;1-2(3)4/h2-4,7,14,17,26-27H,5-6,8-13H2,1H3;1H3,(H,3,4). The van der Waals surface area contributed by atoms with E-state index in [1.165, 1.54) is 0 Å². The zero-order chi connectivity index (χ0) is 23.3. The van der Waals surface area contributed by atoms with E-state index in [1.54, 1.807) is 24.5 Å². The van der Waals surface area contributed by atoms with Crippen molar-refractivity contribution in [3.05, 3.63) is 42.0 Å². The van der Waals surface area contributed by atoms with Crippen molar-refractivity contribution in [1.82, 2.24) is 24.6 Å². The van der Waals surface area contributed by atoms with Gasteiger partial charge in [0.1, 0.15) is 17.9 Å². The number of aryl methyl sites for hydroxylation is 1. The second-order valence-electron chi connectivity index (χ2n) is 8.66. The number of aliphatic hydroxyl groups is 1. The number of aliphatic hydroxyl groups excluding tert-OH is 1. The number of carboxylic acids is 1. The Morgan fingerprint density at radius 2 is 1.97 bits per heavy atom. The molecule has 1 aromatic carbocycles. The number of benzene rings is 1. The predicted molar refractivity (Wildman–Crippen MR) is 116 cm³/mol. The molecular formula is C22H31N5O5. The lowest BCUT2D eigenvalue weighted by Crippen LogP contribution is -2.40. The molecular weight excluding hydrogens is 414 g/mol. The van der Waals surface area contributed by atoms with Gasteiger partial charge >= 0.3 is 0 Å². The summed E-state index contributed by atoms with van der Waals surface area (Å²) >= 11 is 0. The number of fused-ring (bicyclic) bond motifs is 1. The monoisotopic (exact) mass is 445 g/mol. The normalized spacial score (nSPS) is 22.3. The van der Waals surface area contributed by atoms with Crippen molar-refractivity contribution in [3.8, 4) is 5.75 Å². The zero-order valence-electron chi connectivity index (χ0n) is 18.5. The van der Waals surface area contributed by atoms with Gasteiger partial charge in [-0.2, -0.15) is 0 Å². The Morgan fingerprint density at radius 3 is 2.56 bits per heavy atom. The number of carbonyl (C=O) groups is 2. The van der Waals surface area contributed by atoms with Crippen LogP contribution in [0.3, 0.4) is 0 Å². The first kappa shape index (κ1) is 23.7. The van der Waals surface area contributed by atoms with Crippen LogP contribution in [0.25, 0.3) is 0 Å². The first-order valence-corrected chi connectivity index (χ1v) is 10.7. The first-order chi connectivity index (χ1) is 15.2. The van der Waals surface area contributed by atoms with Crippen LogP contribution in [0.2, 0.25) is 0 Å². The first-order valence-electron chi connectivity index (χ1n) is 10.7. The number of aromatic hydroxyl groups is 1. The van der Waals surface area contributed by atoms with Crippen LogP contribution in [0, 0.1) is 18.3 Å². The molecule has 2 aliphatic heterocycles. The molecule has 3 heterocycles. The summed E-state index contributed by atoms with van der Waals surface area (Å²) in [5.74, 6) is 0.585. The van der Waals surface area contributed by atoms with E-state index in [1.807, 2.05) is 22.5 Å². The molecule has 2 unspecified atom stereocenters. The molecule has 0 saturated carbocycles. The number of phenolic OH excluding ortho intramolecular Hbond substituents is 1. The lowest BCUT2D eigenvalue weighted by Gasteiger charge is -2.27. The second-order valence-corrected chi connectivity index (χ2v) is 8.66. The quantitative estimate of drug-likeness (QED) is 0.581. The van der Waals surface area contributed by atoms with Crippen LogP contribution in [0.5, 0.6) is 5.75 Å². The van der Waals surface area contributed by atoms with Gasteiger partial charge in [-0.1, -0.05) is 12.1 Å². The highest BCUT2D eigenvalue weighted by Gasteiger charge is 2.52. The second kappa shape index (κ2) is 10.1. The Labute approximate surface area is 187 Å². The van der Waals surface area contributed by atoms with Gasteiger partial charge in [-0.25, -0.2) is 0 Å². The number of hydrogen-bond donors (Lipinski definition) is 3. The van der Waals surface area contributed by atoms with Gasteiger partial charge < -0.3 is 29.7 Å². The highest BCUT2D eigenvalue weighted by molar-refractivity contribution is 5.79. The minimum absolute atomic E-state index is 0.0551. The third kappa shape index (κ3) is 5.63. The number of hydrogen-bond acceptors (Lipinski definition) is 7. The van der Waals surface area contributed by atoms with Gasteiger partial charge in [-0.15, -0.1) is 10.2 Å². The molecule has 2 aromatic rings. The van der Waals surface area contributed by atoms with Crippen molar-refractivity contribution in [1.29, 1.82) is 0 Å². The molecule has 1 aromatic heterocycles. The molecule has 10 nitrogen and oxygen atoms in total. The summed E-state index contributed by atoms with van der Waals surface area (Å²) in [7, 11) is 0. The molecule has 174 valence electrons. The molecule has 0 bridgehead atoms. The van der Waals surface area contributed by atoms with E-state index in [0.29, 0.717) is 13.1 Å². The lowest BCUT2D eigenvalue weighted by atomic mass is 9.82. The lowest BCUT2D eigenvalue weighted by molar-refractivity contribution is -0.134. The largest absolute Gasteiger partial charge is 0.508 e. The number of aromatic nitrogens is 3. The van der Waals surface area contributed by atoms with Gasteiger partial charge in [0, 0.05) is 51.6 Å². The van der Waals surface area contributed by atoms with Crippen molar-refractivity contribution in [2.75, 3.05) is 39.3 Å². The smallest absolute Gasteiger partial charge is 0.300 e. The van der Waals surface area contributed by atoms with Crippen LogP contribution >= 0.6 is 0 Å². The molecule has 3 N–H and O–H groups in total. The number of nitrogens with zero attached hydrogens (tertiary/aromatic N) is 5. The highest BCUT2D eigenvalue weighted by Crippen LogP contribution is 2.42. The van der Waals surface area contributed by atoms with Gasteiger partial charge in [-0.05, 0) is 30.5 Å². The summed E-state index contributed by atoms with van der Waals surface area (Å²) in [6.45, 7) is 7.78. The molecule has 0 spiro atoms. The Morgan fingerprint density at radius 1 is 1.22 bits per heavy atom. The minimum atomic E-state index is -0.833. The molecule has 2 atom stereocenters. The average Bonchev–Trinajstić information content (AvgIpc) is 3.38. The number of aliphatic carboxylic acids is 1. The number of carboxylic acid groups (broad SMARTS) is 1. The minimum Gasteiger partial charge on any atom is -0.508 e. The van der Waals surface area contributed by atoms with Crippen LogP contribution in [-0.2, 0) is 22.6 Å². The number of rotatable bonds is 6. The van der Waals surface area contributed by atoms with Gasteiger partial charge in [0.15, 0.2) is 0 Å². The molecule has 10 heteroatoms. The molecule has 2 saturated heterocycles. The van der Waals surface area contributed by atoms with Crippen LogP contribution in [0.4, 0.5) is 0 Å². The summed E-state index contributed by atoms with van der Waals surface area (Å²) in [5, 5.41) is 35.1. The average molecular weight is 446 g/mol. The SMILES string of the molecule is CC(=O)O.Cc1nncn1CCN1CC2CN(C(=O)Cc3cccc(O)c3)CC2(CO)C1. The van der Waals surface area contributed by atoms with Crippen molar-refractivity contribution >= 4 is 11.9 Å². The van der Waals surface area contributed by atoms with E-state index < -0.39 is 5.97 Å². The van der Waals surface area contributed by atoms with E-state index >= 15 is 0 Å². The van der Waals surface area contributed by atoms with E-state index in [2.05, 4.69) is 15.1 Å². The summed E-state index contributed by atoms with van der Waals surface area (Å²) < 4.78 is 2.03. The van der Waals surface area contributed by atoms with Crippen molar-refractivity contribution in [3.63, 3.8) is 0 Å². The van der Waals surface area contributed by atoms with Crippen LogP contribution in [0.15, 0.2) is 30.6 Å². The number of likely N-dealkylation sites (tertiary alicyclic amines) is 2. The van der Waals surface area contributed by atoms with Gasteiger partial charge in [0.25, 0.3) is 5.97 Å². The van der Waals surface area contributed by atoms with E-state index in [0.717, 1.165) is 44.5 Å². The number of amides is 1. The van der Waals surface area contributed by atoms with Gasteiger partial charge in [-0.3, -0.25) is 9.59 Å². The van der Waals surface area contributed by atoms with E-state index in [-0.39, 0.29) is 36.0 Å². The van der Waals surface area contributed by atoms with Crippen LogP contribution in [-0.4, -0.2) is 91.1 Å². The maximum Gasteiger partial charge on any atom is 0.300 e. The maximum atomic E-state index is 12.7. The molecule has 2 aliphatic rings. The topological polar surface area (TPSA) is 132 Å². The maximum absolute atomic E-state index is 12.7. The summed E-state index contributed by atoms with van der Waals surface area (Å²) in [5.41, 5.74) is 0.572. The number of carbonyl (C=O) groups excluding carboxylic acids is 1. The third-order valence-electron chi connectivity index (χ3n) is 6.23. The van der Waals surface area contributed by atoms with Crippen molar-refractivity contribution in [2.24, 2.45) is 11.3 Å². The zero-order valence-corrected chi connectivity index (χ0v) is 18.5. The Hall–Kier alpha value is -2.98. The molecule has 0 radical (unpaired) electrons. The highest BCUT2D eigenvalue weighted by atomic mass is 16.4.